The maximum Gasteiger partial charge on any atom is 0.405 e. The summed E-state index contributed by atoms with van der Waals surface area (Å²) >= 11 is 1.49. The van der Waals surface area contributed by atoms with Crippen LogP contribution in [0.25, 0.3) is 0 Å². The summed E-state index contributed by atoms with van der Waals surface area (Å²) in [6.45, 7) is -2.24. The normalized spacial score (nSPS) is 23.4. The molecular formula is C14H14F3N3O3S. The van der Waals surface area contributed by atoms with E-state index in [-0.39, 0.29) is 0 Å². The number of hydrogen-bond donors (Lipinski definition) is 2. The van der Waals surface area contributed by atoms with Gasteiger partial charge in [-0.2, -0.15) is 13.2 Å². The minimum absolute atomic E-state index is 0.405. The predicted octanol–water partition coefficient (Wildman–Crippen LogP) is 1.51. The second kappa shape index (κ2) is 5.76. The summed E-state index contributed by atoms with van der Waals surface area (Å²) in [6, 6.07) is 1.01. The number of imide groups is 1. The largest absolute Gasteiger partial charge is 0.405 e. The first-order valence-corrected chi connectivity index (χ1v) is 8.15. The Morgan fingerprint density at radius 1 is 1.42 bits per heavy atom. The lowest BCUT2D eigenvalue weighted by molar-refractivity contribution is -0.141. The van der Waals surface area contributed by atoms with Gasteiger partial charge in [-0.05, 0) is 30.7 Å². The average molecular weight is 361 g/mol. The predicted molar refractivity (Wildman–Crippen MR) is 78.2 cm³/mol. The molecule has 130 valence electrons. The zero-order valence-corrected chi connectivity index (χ0v) is 13.2. The monoisotopic (exact) mass is 361 g/mol. The first kappa shape index (κ1) is 16.7. The summed E-state index contributed by atoms with van der Waals surface area (Å²) in [6.07, 6.45) is -2.64. The van der Waals surface area contributed by atoms with E-state index in [0.29, 0.717) is 17.7 Å². The van der Waals surface area contributed by atoms with E-state index in [9.17, 15) is 27.6 Å². The Labute approximate surface area is 139 Å². The fourth-order valence-electron chi connectivity index (χ4n) is 3.08. The smallest absolute Gasteiger partial charge is 0.345 e. The SMILES string of the molecule is O=C(CN1C(=O)N[C@]2(CCCc3sccc32)C1=O)NCC(F)(F)F. The molecule has 1 aliphatic heterocycles. The summed E-state index contributed by atoms with van der Waals surface area (Å²) in [5.74, 6) is -1.62. The van der Waals surface area contributed by atoms with Crippen molar-refractivity contribution < 1.29 is 27.6 Å². The molecule has 0 radical (unpaired) electrons. The van der Waals surface area contributed by atoms with Gasteiger partial charge in [0.25, 0.3) is 5.91 Å². The van der Waals surface area contributed by atoms with E-state index in [0.717, 1.165) is 16.9 Å². The molecule has 1 aromatic heterocycles. The Balaban J connectivity index is 1.75. The Morgan fingerprint density at radius 3 is 2.88 bits per heavy atom. The van der Waals surface area contributed by atoms with Crippen LogP contribution >= 0.6 is 11.3 Å². The number of fused-ring (bicyclic) bond motifs is 2. The molecule has 1 fully saturated rings. The molecule has 0 aromatic carbocycles. The van der Waals surface area contributed by atoms with E-state index in [1.165, 1.54) is 11.3 Å². The van der Waals surface area contributed by atoms with Crippen molar-refractivity contribution >= 4 is 29.2 Å². The van der Waals surface area contributed by atoms with Crippen LogP contribution in [-0.2, 0) is 21.5 Å². The van der Waals surface area contributed by atoms with Crippen LogP contribution in [0.3, 0.4) is 0 Å². The minimum Gasteiger partial charge on any atom is -0.345 e. The van der Waals surface area contributed by atoms with E-state index < -0.39 is 42.7 Å². The molecule has 0 saturated carbocycles. The Kier molecular flexibility index (Phi) is 4.02. The number of halogens is 3. The molecule has 1 spiro atoms. The van der Waals surface area contributed by atoms with Gasteiger partial charge in [-0.25, -0.2) is 4.79 Å². The molecule has 4 amide bonds. The fourth-order valence-corrected chi connectivity index (χ4v) is 4.08. The van der Waals surface area contributed by atoms with Gasteiger partial charge in [-0.3, -0.25) is 14.5 Å². The quantitative estimate of drug-likeness (QED) is 0.801. The Hall–Kier alpha value is -2.10. The van der Waals surface area contributed by atoms with Gasteiger partial charge < -0.3 is 10.6 Å². The van der Waals surface area contributed by atoms with Crippen molar-refractivity contribution in [3.05, 3.63) is 21.9 Å². The lowest BCUT2D eigenvalue weighted by Crippen LogP contribution is -2.47. The number of amides is 4. The standard InChI is InChI=1S/C14H14F3N3O3S/c15-14(16,17)7-18-10(21)6-20-11(22)13(19-12(20)23)4-1-2-9-8(13)3-5-24-9/h3,5H,1-2,4,6-7H2,(H,18,21)(H,19,23)/t13-/m0/s1. The number of rotatable bonds is 3. The van der Waals surface area contributed by atoms with Crippen molar-refractivity contribution in [3.8, 4) is 0 Å². The third kappa shape index (κ3) is 2.85. The van der Waals surface area contributed by atoms with E-state index in [4.69, 9.17) is 0 Å². The lowest BCUT2D eigenvalue weighted by Gasteiger charge is -2.31. The molecule has 1 aliphatic carbocycles. The highest BCUT2D eigenvalue weighted by molar-refractivity contribution is 7.10. The number of carbonyl (C=O) groups excluding carboxylic acids is 3. The number of hydrogen-bond acceptors (Lipinski definition) is 4. The van der Waals surface area contributed by atoms with Crippen LogP contribution in [-0.4, -0.2) is 42.0 Å². The van der Waals surface area contributed by atoms with Gasteiger partial charge in [0.1, 0.15) is 18.6 Å². The number of carbonyl (C=O) groups is 3. The van der Waals surface area contributed by atoms with Crippen molar-refractivity contribution in [2.75, 3.05) is 13.1 Å². The van der Waals surface area contributed by atoms with Crippen LogP contribution < -0.4 is 10.6 Å². The third-order valence-electron chi connectivity index (χ3n) is 4.12. The molecule has 6 nitrogen and oxygen atoms in total. The minimum atomic E-state index is -4.55. The number of aryl methyl sites for hydroxylation is 1. The summed E-state index contributed by atoms with van der Waals surface area (Å²) in [5, 5.41) is 6.12. The van der Waals surface area contributed by atoms with Crippen LogP contribution in [0.5, 0.6) is 0 Å². The molecule has 2 aliphatic rings. The van der Waals surface area contributed by atoms with Crippen molar-refractivity contribution in [3.63, 3.8) is 0 Å². The second-order valence-electron chi connectivity index (χ2n) is 5.73. The highest BCUT2D eigenvalue weighted by Gasteiger charge is 2.54. The Morgan fingerprint density at radius 2 is 2.17 bits per heavy atom. The number of urea groups is 1. The zero-order chi connectivity index (χ0) is 17.5. The van der Waals surface area contributed by atoms with E-state index >= 15 is 0 Å². The van der Waals surface area contributed by atoms with Crippen LogP contribution in [0.2, 0.25) is 0 Å². The summed E-state index contributed by atoms with van der Waals surface area (Å²) < 4.78 is 36.4. The summed E-state index contributed by atoms with van der Waals surface area (Å²) in [7, 11) is 0. The number of nitrogens with one attached hydrogen (secondary N) is 2. The molecule has 24 heavy (non-hydrogen) atoms. The van der Waals surface area contributed by atoms with Gasteiger partial charge >= 0.3 is 12.2 Å². The molecule has 3 rings (SSSR count). The fraction of sp³-hybridized carbons (Fsp3) is 0.500. The maximum atomic E-state index is 12.7. The van der Waals surface area contributed by atoms with Crippen LogP contribution in [0.4, 0.5) is 18.0 Å². The van der Waals surface area contributed by atoms with Gasteiger partial charge in [-0.1, -0.05) is 0 Å². The van der Waals surface area contributed by atoms with E-state index in [2.05, 4.69) is 5.32 Å². The van der Waals surface area contributed by atoms with E-state index in [1.54, 1.807) is 11.4 Å². The second-order valence-corrected chi connectivity index (χ2v) is 6.73. The molecule has 2 heterocycles. The van der Waals surface area contributed by atoms with Crippen LogP contribution in [0.1, 0.15) is 23.3 Å². The van der Waals surface area contributed by atoms with Crippen molar-refractivity contribution in [2.45, 2.75) is 31.0 Å². The molecule has 0 bridgehead atoms. The Bertz CT molecular complexity index is 703. The summed E-state index contributed by atoms with van der Waals surface area (Å²) in [4.78, 5) is 38.2. The van der Waals surface area contributed by atoms with Gasteiger partial charge in [0.2, 0.25) is 5.91 Å². The molecule has 2 N–H and O–H groups in total. The van der Waals surface area contributed by atoms with Crippen LogP contribution in [0.15, 0.2) is 11.4 Å². The molecular weight excluding hydrogens is 347 g/mol. The van der Waals surface area contributed by atoms with Gasteiger partial charge in [0.15, 0.2) is 0 Å². The molecule has 1 aromatic rings. The van der Waals surface area contributed by atoms with Crippen molar-refractivity contribution in [2.24, 2.45) is 0 Å². The van der Waals surface area contributed by atoms with Crippen molar-refractivity contribution in [1.82, 2.24) is 15.5 Å². The number of nitrogens with zero attached hydrogens (tertiary/aromatic N) is 1. The van der Waals surface area contributed by atoms with Crippen LogP contribution in [0, 0.1) is 0 Å². The van der Waals surface area contributed by atoms with Gasteiger partial charge in [0.05, 0.1) is 0 Å². The number of thiophene rings is 1. The van der Waals surface area contributed by atoms with Crippen molar-refractivity contribution in [1.29, 1.82) is 0 Å². The highest BCUT2D eigenvalue weighted by Crippen LogP contribution is 2.41. The summed E-state index contributed by atoms with van der Waals surface area (Å²) in [5.41, 5.74) is -0.482. The highest BCUT2D eigenvalue weighted by atomic mass is 32.1. The van der Waals surface area contributed by atoms with Gasteiger partial charge in [-0.15, -0.1) is 11.3 Å². The average Bonchev–Trinajstić information content (AvgIpc) is 3.06. The lowest BCUT2D eigenvalue weighted by atomic mass is 9.80. The first-order valence-electron chi connectivity index (χ1n) is 7.27. The van der Waals surface area contributed by atoms with Gasteiger partial charge in [0, 0.05) is 10.4 Å². The molecule has 1 saturated heterocycles. The molecule has 0 unspecified atom stereocenters. The van der Waals surface area contributed by atoms with E-state index in [1.807, 2.05) is 5.38 Å². The number of alkyl halides is 3. The molecule has 1 atom stereocenters. The topological polar surface area (TPSA) is 78.5 Å². The zero-order valence-electron chi connectivity index (χ0n) is 12.4. The molecule has 10 heteroatoms. The first-order chi connectivity index (χ1) is 11.2. The maximum absolute atomic E-state index is 12.7. The third-order valence-corrected chi connectivity index (χ3v) is 5.10.